The Morgan fingerprint density at radius 2 is 1.90 bits per heavy atom. The predicted octanol–water partition coefficient (Wildman–Crippen LogP) is 2.46. The molecule has 0 saturated heterocycles. The highest BCUT2D eigenvalue weighted by molar-refractivity contribution is 6.35. The average Bonchev–Trinajstić information content (AvgIpc) is 2.47. The second-order valence-corrected chi connectivity index (χ2v) is 4.71. The minimum Gasteiger partial charge on any atom is -0.491 e. The van der Waals surface area contributed by atoms with Gasteiger partial charge < -0.3 is 9.64 Å². The number of carbonyl (C=O) groups excluding carboxylic acids is 2. The summed E-state index contributed by atoms with van der Waals surface area (Å²) in [5.74, 6) is 0.0823. The third kappa shape index (κ3) is 4.68. The van der Waals surface area contributed by atoms with Crippen LogP contribution in [0.2, 0.25) is 0 Å². The molecule has 1 aromatic carbocycles. The van der Waals surface area contributed by atoms with E-state index in [0.717, 1.165) is 17.7 Å². The van der Waals surface area contributed by atoms with Gasteiger partial charge in [0, 0.05) is 13.5 Å². The number of para-hydroxylation sites is 1. The Kier molecular flexibility index (Phi) is 6.77. The number of ether oxygens (including phenoxy) is 1. The van der Waals surface area contributed by atoms with E-state index >= 15 is 0 Å². The van der Waals surface area contributed by atoms with E-state index in [9.17, 15) is 9.59 Å². The van der Waals surface area contributed by atoms with Crippen molar-refractivity contribution in [1.82, 2.24) is 4.90 Å². The Morgan fingerprint density at radius 3 is 2.55 bits per heavy atom. The topological polar surface area (TPSA) is 46.6 Å². The second kappa shape index (κ2) is 8.35. The van der Waals surface area contributed by atoms with E-state index in [1.807, 2.05) is 31.2 Å². The molecular weight excluding hydrogens is 254 g/mol. The van der Waals surface area contributed by atoms with Gasteiger partial charge in [-0.1, -0.05) is 32.0 Å². The van der Waals surface area contributed by atoms with E-state index in [0.29, 0.717) is 26.0 Å². The van der Waals surface area contributed by atoms with Gasteiger partial charge in [0.1, 0.15) is 12.4 Å². The van der Waals surface area contributed by atoms with Crippen LogP contribution in [-0.2, 0) is 16.0 Å². The molecule has 1 amide bonds. The van der Waals surface area contributed by atoms with Gasteiger partial charge in [0.2, 0.25) is 5.78 Å². The number of rotatable bonds is 8. The summed E-state index contributed by atoms with van der Waals surface area (Å²) < 4.78 is 5.68. The number of benzene rings is 1. The Morgan fingerprint density at radius 1 is 1.20 bits per heavy atom. The molecule has 0 radical (unpaired) electrons. The first-order valence-corrected chi connectivity index (χ1v) is 7.09. The van der Waals surface area contributed by atoms with E-state index in [-0.39, 0.29) is 5.78 Å². The lowest BCUT2D eigenvalue weighted by molar-refractivity contribution is -0.144. The normalized spacial score (nSPS) is 10.2. The summed E-state index contributed by atoms with van der Waals surface area (Å²) in [5.41, 5.74) is 1.14. The summed E-state index contributed by atoms with van der Waals surface area (Å²) in [7, 11) is 1.63. The number of aryl methyl sites for hydroxylation is 1. The minimum absolute atomic E-state index is 0.308. The summed E-state index contributed by atoms with van der Waals surface area (Å²) in [6.45, 7) is 4.75. The van der Waals surface area contributed by atoms with Crippen molar-refractivity contribution in [3.05, 3.63) is 29.8 Å². The van der Waals surface area contributed by atoms with Crippen LogP contribution in [0.4, 0.5) is 0 Å². The zero-order valence-corrected chi connectivity index (χ0v) is 12.5. The summed E-state index contributed by atoms with van der Waals surface area (Å²) in [5, 5.41) is 0. The molecule has 0 bridgehead atoms. The molecule has 0 unspecified atom stereocenters. The third-order valence-electron chi connectivity index (χ3n) is 3.10. The van der Waals surface area contributed by atoms with Crippen molar-refractivity contribution in [2.45, 2.75) is 33.1 Å². The Labute approximate surface area is 120 Å². The molecule has 0 atom stereocenters. The van der Waals surface area contributed by atoms with Gasteiger partial charge in [-0.05, 0) is 24.5 Å². The first-order valence-electron chi connectivity index (χ1n) is 7.09. The molecule has 4 nitrogen and oxygen atoms in total. The molecule has 20 heavy (non-hydrogen) atoms. The van der Waals surface area contributed by atoms with Gasteiger partial charge in [0.15, 0.2) is 0 Å². The van der Waals surface area contributed by atoms with Crippen LogP contribution in [-0.4, -0.2) is 36.8 Å². The molecule has 0 aliphatic carbocycles. The van der Waals surface area contributed by atoms with Crippen molar-refractivity contribution < 1.29 is 14.3 Å². The highest BCUT2D eigenvalue weighted by Crippen LogP contribution is 2.17. The van der Waals surface area contributed by atoms with E-state index in [4.69, 9.17) is 4.74 Å². The van der Waals surface area contributed by atoms with Crippen LogP contribution in [0, 0.1) is 0 Å². The van der Waals surface area contributed by atoms with Crippen LogP contribution in [0.25, 0.3) is 0 Å². The SMILES string of the molecule is CCCC(=O)C(=O)N(C)CCOc1ccccc1CC. The fourth-order valence-corrected chi connectivity index (χ4v) is 1.88. The van der Waals surface area contributed by atoms with Crippen LogP contribution < -0.4 is 4.74 Å². The van der Waals surface area contributed by atoms with Crippen molar-refractivity contribution in [2.75, 3.05) is 20.2 Å². The number of amides is 1. The largest absolute Gasteiger partial charge is 0.491 e. The molecule has 0 aliphatic rings. The molecule has 0 spiro atoms. The van der Waals surface area contributed by atoms with Crippen molar-refractivity contribution in [3.63, 3.8) is 0 Å². The predicted molar refractivity (Wildman–Crippen MR) is 78.9 cm³/mol. The van der Waals surface area contributed by atoms with Crippen molar-refractivity contribution in [2.24, 2.45) is 0 Å². The van der Waals surface area contributed by atoms with Gasteiger partial charge in [0.25, 0.3) is 5.91 Å². The number of ketones is 1. The molecule has 0 aliphatic heterocycles. The maximum Gasteiger partial charge on any atom is 0.289 e. The second-order valence-electron chi connectivity index (χ2n) is 4.71. The first kappa shape index (κ1) is 16.2. The van der Waals surface area contributed by atoms with Crippen LogP contribution in [0.3, 0.4) is 0 Å². The zero-order chi connectivity index (χ0) is 15.0. The van der Waals surface area contributed by atoms with Gasteiger partial charge in [0.05, 0.1) is 6.54 Å². The summed E-state index contributed by atoms with van der Waals surface area (Å²) in [6.07, 6.45) is 1.90. The maximum atomic E-state index is 11.7. The Balaban J connectivity index is 2.44. The van der Waals surface area contributed by atoms with Gasteiger partial charge in [-0.25, -0.2) is 0 Å². The van der Waals surface area contributed by atoms with Crippen LogP contribution >= 0.6 is 0 Å². The number of hydrogen-bond acceptors (Lipinski definition) is 3. The third-order valence-corrected chi connectivity index (χ3v) is 3.10. The van der Waals surface area contributed by atoms with E-state index in [2.05, 4.69) is 6.92 Å². The molecule has 1 aromatic rings. The Bertz CT molecular complexity index is 457. The van der Waals surface area contributed by atoms with Gasteiger partial charge >= 0.3 is 0 Å². The summed E-state index contributed by atoms with van der Waals surface area (Å²) in [4.78, 5) is 24.6. The molecule has 4 heteroatoms. The smallest absolute Gasteiger partial charge is 0.289 e. The van der Waals surface area contributed by atoms with E-state index < -0.39 is 5.91 Å². The first-order chi connectivity index (χ1) is 9.60. The molecule has 0 aromatic heterocycles. The summed E-state index contributed by atoms with van der Waals surface area (Å²) >= 11 is 0. The van der Waals surface area contributed by atoms with Crippen molar-refractivity contribution in [3.8, 4) is 5.75 Å². The van der Waals surface area contributed by atoms with Gasteiger partial charge in [-0.2, -0.15) is 0 Å². The lowest BCUT2D eigenvalue weighted by atomic mass is 10.1. The quantitative estimate of drug-likeness (QED) is 0.686. The van der Waals surface area contributed by atoms with Crippen LogP contribution in [0.15, 0.2) is 24.3 Å². The number of likely N-dealkylation sites (N-methyl/N-ethyl adjacent to an activating group) is 1. The minimum atomic E-state index is -0.431. The number of Topliss-reactive ketones (excluding diaryl/α,β-unsaturated/α-hetero) is 1. The summed E-state index contributed by atoms with van der Waals surface area (Å²) in [6, 6.07) is 7.84. The van der Waals surface area contributed by atoms with Crippen molar-refractivity contribution >= 4 is 11.7 Å². The standard InChI is InChI=1S/C16H23NO3/c1-4-8-14(18)16(19)17(3)11-12-20-15-10-7-6-9-13(15)5-2/h6-7,9-10H,4-5,8,11-12H2,1-3H3. The molecular formula is C16H23NO3. The van der Waals surface area contributed by atoms with Crippen LogP contribution in [0.5, 0.6) is 5.75 Å². The fraction of sp³-hybridized carbons (Fsp3) is 0.500. The monoisotopic (exact) mass is 277 g/mol. The maximum absolute atomic E-state index is 11.7. The van der Waals surface area contributed by atoms with Gasteiger partial charge in [-0.3, -0.25) is 9.59 Å². The molecule has 0 saturated carbocycles. The lowest BCUT2D eigenvalue weighted by Crippen LogP contribution is -2.36. The molecule has 110 valence electrons. The van der Waals surface area contributed by atoms with E-state index in [1.54, 1.807) is 7.05 Å². The highest BCUT2D eigenvalue weighted by Gasteiger charge is 2.17. The van der Waals surface area contributed by atoms with Crippen molar-refractivity contribution in [1.29, 1.82) is 0 Å². The van der Waals surface area contributed by atoms with E-state index in [1.165, 1.54) is 4.90 Å². The fourth-order valence-electron chi connectivity index (χ4n) is 1.88. The number of hydrogen-bond donors (Lipinski definition) is 0. The highest BCUT2D eigenvalue weighted by atomic mass is 16.5. The number of nitrogens with zero attached hydrogens (tertiary/aromatic N) is 1. The molecule has 1 rings (SSSR count). The number of carbonyl (C=O) groups is 2. The van der Waals surface area contributed by atoms with Crippen LogP contribution in [0.1, 0.15) is 32.3 Å². The zero-order valence-electron chi connectivity index (χ0n) is 12.5. The lowest BCUT2D eigenvalue weighted by Gasteiger charge is -2.17. The molecule has 0 heterocycles. The Hall–Kier alpha value is -1.84. The molecule has 0 fully saturated rings. The molecule has 0 N–H and O–H groups in total. The average molecular weight is 277 g/mol. The van der Waals surface area contributed by atoms with Gasteiger partial charge in [-0.15, -0.1) is 0 Å².